The number of carbonyl (C=O) groups is 1. The second-order valence-corrected chi connectivity index (χ2v) is 5.93. The van der Waals surface area contributed by atoms with E-state index < -0.39 is 27.5 Å². The molecule has 1 rings (SSSR count). The van der Waals surface area contributed by atoms with E-state index in [0.29, 0.717) is 5.82 Å². The molecule has 0 aliphatic heterocycles. The summed E-state index contributed by atoms with van der Waals surface area (Å²) in [5, 5.41) is 11.3. The Morgan fingerprint density at radius 2 is 2.25 bits per heavy atom. The van der Waals surface area contributed by atoms with Gasteiger partial charge >= 0.3 is 5.97 Å². The summed E-state index contributed by atoms with van der Waals surface area (Å²) in [6, 6.07) is 0. The van der Waals surface area contributed by atoms with E-state index in [1.165, 1.54) is 17.9 Å². The summed E-state index contributed by atoms with van der Waals surface area (Å²) in [5.74, 6) is -1.12. The first-order chi connectivity index (χ1) is 7.33. The predicted octanol–water partition coefficient (Wildman–Crippen LogP) is -0.407. The van der Waals surface area contributed by atoms with Gasteiger partial charge in [0, 0.05) is 7.05 Å². The van der Waals surface area contributed by atoms with Crippen molar-refractivity contribution in [3.05, 3.63) is 12.2 Å². The minimum atomic E-state index is -3.50. The van der Waals surface area contributed by atoms with Crippen molar-refractivity contribution >= 4 is 15.8 Å². The summed E-state index contributed by atoms with van der Waals surface area (Å²) in [5.41, 5.74) is 0. The van der Waals surface area contributed by atoms with Crippen molar-refractivity contribution in [3.63, 3.8) is 0 Å². The van der Waals surface area contributed by atoms with E-state index in [1.807, 2.05) is 0 Å². The van der Waals surface area contributed by atoms with Gasteiger partial charge < -0.3 is 5.11 Å². The molecule has 7 nitrogen and oxygen atoms in total. The van der Waals surface area contributed by atoms with E-state index in [2.05, 4.69) is 10.1 Å². The molecule has 0 spiro atoms. The average molecular weight is 247 g/mol. The number of rotatable bonds is 5. The number of aromatic nitrogens is 3. The lowest BCUT2D eigenvalue weighted by molar-refractivity contribution is -0.136. The minimum Gasteiger partial charge on any atom is -0.481 e. The molecule has 8 heteroatoms. The number of carboxylic acid groups (broad SMARTS) is 1. The van der Waals surface area contributed by atoms with E-state index in [4.69, 9.17) is 5.11 Å². The molecule has 1 heterocycles. The summed E-state index contributed by atoms with van der Waals surface area (Å²) in [7, 11) is -1.92. The summed E-state index contributed by atoms with van der Waals surface area (Å²) in [4.78, 5) is 14.2. The standard InChI is InChI=1S/C8H13N3O4S/c1-6(3-8(12)13)16(14,15)4-7-9-5-10-11(7)2/h5-6H,3-4H2,1-2H3,(H,12,13). The summed E-state index contributed by atoms with van der Waals surface area (Å²) in [6.07, 6.45) is 0.854. The maximum absolute atomic E-state index is 11.7. The molecule has 0 aliphatic carbocycles. The molecule has 1 aromatic rings. The molecule has 1 aromatic heterocycles. The molecule has 0 saturated heterocycles. The van der Waals surface area contributed by atoms with Crippen LogP contribution in [0.2, 0.25) is 0 Å². The first kappa shape index (κ1) is 12.6. The van der Waals surface area contributed by atoms with Gasteiger partial charge in [0.25, 0.3) is 0 Å². The molecule has 16 heavy (non-hydrogen) atoms. The zero-order valence-electron chi connectivity index (χ0n) is 8.99. The number of hydrogen-bond donors (Lipinski definition) is 1. The number of nitrogens with zero attached hydrogens (tertiary/aromatic N) is 3. The fourth-order valence-electron chi connectivity index (χ4n) is 1.15. The predicted molar refractivity (Wildman–Crippen MR) is 55.3 cm³/mol. The molecule has 0 aromatic carbocycles. The molecule has 0 fully saturated rings. The molecule has 90 valence electrons. The Kier molecular flexibility index (Phi) is 3.63. The lowest BCUT2D eigenvalue weighted by Crippen LogP contribution is -2.24. The van der Waals surface area contributed by atoms with Crippen LogP contribution in [0.25, 0.3) is 0 Å². The topological polar surface area (TPSA) is 102 Å². The highest BCUT2D eigenvalue weighted by atomic mass is 32.2. The smallest absolute Gasteiger partial charge is 0.304 e. The summed E-state index contributed by atoms with van der Waals surface area (Å²) < 4.78 is 24.8. The lowest BCUT2D eigenvalue weighted by atomic mass is 10.3. The van der Waals surface area contributed by atoms with Crippen LogP contribution >= 0.6 is 0 Å². The van der Waals surface area contributed by atoms with Crippen LogP contribution in [0.4, 0.5) is 0 Å². The lowest BCUT2D eigenvalue weighted by Gasteiger charge is -2.09. The summed E-state index contributed by atoms with van der Waals surface area (Å²) >= 11 is 0. The Hall–Kier alpha value is -1.44. The Balaban J connectivity index is 2.80. The van der Waals surface area contributed by atoms with E-state index in [1.54, 1.807) is 7.05 Å². The SMILES string of the molecule is CC(CC(=O)O)S(=O)(=O)Cc1ncnn1C. The molecular formula is C8H13N3O4S. The molecule has 0 radical (unpaired) electrons. The van der Waals surface area contributed by atoms with E-state index >= 15 is 0 Å². The average Bonchev–Trinajstić information content (AvgIpc) is 2.50. The first-order valence-electron chi connectivity index (χ1n) is 4.59. The Morgan fingerprint density at radius 3 is 2.69 bits per heavy atom. The van der Waals surface area contributed by atoms with Crippen LogP contribution < -0.4 is 0 Å². The van der Waals surface area contributed by atoms with Gasteiger partial charge in [-0.3, -0.25) is 9.48 Å². The van der Waals surface area contributed by atoms with Crippen molar-refractivity contribution in [2.45, 2.75) is 24.3 Å². The Morgan fingerprint density at radius 1 is 1.62 bits per heavy atom. The quantitative estimate of drug-likeness (QED) is 0.759. The van der Waals surface area contributed by atoms with Gasteiger partial charge in [-0.05, 0) is 6.92 Å². The van der Waals surface area contributed by atoms with E-state index in [-0.39, 0.29) is 5.75 Å². The molecule has 1 N–H and O–H groups in total. The van der Waals surface area contributed by atoms with Crippen LogP contribution in [0, 0.1) is 0 Å². The Bertz CT molecular complexity index is 479. The highest BCUT2D eigenvalue weighted by Crippen LogP contribution is 2.11. The van der Waals surface area contributed by atoms with Crippen molar-refractivity contribution in [1.82, 2.24) is 14.8 Å². The van der Waals surface area contributed by atoms with Gasteiger partial charge in [-0.15, -0.1) is 0 Å². The number of aliphatic carboxylic acids is 1. The number of carboxylic acids is 1. The molecule has 0 amide bonds. The van der Waals surface area contributed by atoms with Gasteiger partial charge in [0.2, 0.25) is 0 Å². The van der Waals surface area contributed by atoms with Crippen LogP contribution in [0.15, 0.2) is 6.33 Å². The Labute approximate surface area is 93.0 Å². The second-order valence-electron chi connectivity index (χ2n) is 3.52. The number of aryl methyl sites for hydroxylation is 1. The minimum absolute atomic E-state index is 0.294. The van der Waals surface area contributed by atoms with Crippen LogP contribution in [0.5, 0.6) is 0 Å². The summed E-state index contributed by atoms with van der Waals surface area (Å²) in [6.45, 7) is 1.37. The molecule has 1 atom stereocenters. The van der Waals surface area contributed by atoms with E-state index in [0.717, 1.165) is 0 Å². The molecule has 0 aliphatic rings. The zero-order chi connectivity index (χ0) is 12.3. The largest absolute Gasteiger partial charge is 0.481 e. The van der Waals surface area contributed by atoms with Gasteiger partial charge in [-0.25, -0.2) is 13.4 Å². The fraction of sp³-hybridized carbons (Fsp3) is 0.625. The highest BCUT2D eigenvalue weighted by molar-refractivity contribution is 7.91. The molecular weight excluding hydrogens is 234 g/mol. The van der Waals surface area contributed by atoms with Crippen molar-refractivity contribution in [3.8, 4) is 0 Å². The highest BCUT2D eigenvalue weighted by Gasteiger charge is 2.25. The van der Waals surface area contributed by atoms with E-state index in [9.17, 15) is 13.2 Å². The van der Waals surface area contributed by atoms with Gasteiger partial charge in [0.05, 0.1) is 11.7 Å². The maximum atomic E-state index is 11.7. The normalized spacial score (nSPS) is 13.6. The maximum Gasteiger partial charge on any atom is 0.304 e. The van der Waals surface area contributed by atoms with Crippen molar-refractivity contribution < 1.29 is 18.3 Å². The zero-order valence-corrected chi connectivity index (χ0v) is 9.81. The third-order valence-corrected chi connectivity index (χ3v) is 4.26. The van der Waals surface area contributed by atoms with Gasteiger partial charge in [0.1, 0.15) is 17.9 Å². The van der Waals surface area contributed by atoms with Crippen molar-refractivity contribution in [2.24, 2.45) is 7.05 Å². The number of hydrogen-bond acceptors (Lipinski definition) is 5. The second kappa shape index (κ2) is 4.60. The first-order valence-corrected chi connectivity index (χ1v) is 6.30. The fourth-order valence-corrected chi connectivity index (χ4v) is 2.45. The van der Waals surface area contributed by atoms with Gasteiger partial charge in [-0.2, -0.15) is 5.10 Å². The van der Waals surface area contributed by atoms with Crippen molar-refractivity contribution in [2.75, 3.05) is 0 Å². The van der Waals surface area contributed by atoms with Crippen LogP contribution in [-0.2, 0) is 27.4 Å². The van der Waals surface area contributed by atoms with Gasteiger partial charge in [0.15, 0.2) is 9.84 Å². The van der Waals surface area contributed by atoms with Crippen molar-refractivity contribution in [1.29, 1.82) is 0 Å². The third-order valence-electron chi connectivity index (χ3n) is 2.21. The van der Waals surface area contributed by atoms with Crippen LogP contribution in [0.3, 0.4) is 0 Å². The third kappa shape index (κ3) is 3.02. The van der Waals surface area contributed by atoms with Gasteiger partial charge in [-0.1, -0.05) is 0 Å². The van der Waals surface area contributed by atoms with Crippen LogP contribution in [-0.4, -0.2) is 39.5 Å². The monoisotopic (exact) mass is 247 g/mol. The molecule has 1 unspecified atom stereocenters. The molecule has 0 bridgehead atoms. The number of sulfone groups is 1. The van der Waals surface area contributed by atoms with Crippen LogP contribution in [0.1, 0.15) is 19.2 Å². The molecule has 0 saturated carbocycles.